The minimum atomic E-state index is -0.556. The fourth-order valence-electron chi connectivity index (χ4n) is 1.20. The van der Waals surface area contributed by atoms with Crippen LogP contribution in [0.5, 0.6) is 0 Å². The van der Waals surface area contributed by atoms with Crippen LogP contribution < -0.4 is 0 Å². The van der Waals surface area contributed by atoms with E-state index in [1.165, 1.54) is 11.1 Å². The van der Waals surface area contributed by atoms with E-state index in [9.17, 15) is 0 Å². The Morgan fingerprint density at radius 2 is 1.83 bits per heavy atom. The maximum atomic E-state index is 4.89. The zero-order valence-electron chi connectivity index (χ0n) is 6.43. The molecule has 3 heteroatoms. The summed E-state index contributed by atoms with van der Waals surface area (Å²) >= 11 is -0.556. The van der Waals surface area contributed by atoms with Crippen molar-refractivity contribution in [2.24, 2.45) is 0 Å². The van der Waals surface area contributed by atoms with Crippen LogP contribution in [0.15, 0.2) is 30.3 Å². The van der Waals surface area contributed by atoms with Crippen LogP contribution in [-0.4, -0.2) is 0 Å². The molecule has 0 heterocycles. The SMILES string of the molecule is C1=Cc2ccccc2C1.[Cl][Ti][Cl]. The molecule has 2 rings (SSSR count). The van der Waals surface area contributed by atoms with Gasteiger partial charge in [0, 0.05) is 0 Å². The Morgan fingerprint density at radius 3 is 2.50 bits per heavy atom. The molecule has 0 bridgehead atoms. The second kappa shape index (κ2) is 5.82. The van der Waals surface area contributed by atoms with Crippen LogP contribution in [0.1, 0.15) is 11.1 Å². The van der Waals surface area contributed by atoms with Crippen molar-refractivity contribution in [3.63, 3.8) is 0 Å². The van der Waals surface area contributed by atoms with Gasteiger partial charge in [0.15, 0.2) is 0 Å². The maximum absolute atomic E-state index is 4.89. The van der Waals surface area contributed by atoms with Gasteiger partial charge in [-0.15, -0.1) is 0 Å². The van der Waals surface area contributed by atoms with Crippen molar-refractivity contribution in [3.8, 4) is 0 Å². The van der Waals surface area contributed by atoms with Crippen LogP contribution >= 0.6 is 18.6 Å². The average molecular weight is 235 g/mol. The minimum absolute atomic E-state index is 0.556. The monoisotopic (exact) mass is 234 g/mol. The summed E-state index contributed by atoms with van der Waals surface area (Å²) < 4.78 is 0. The number of benzene rings is 1. The first kappa shape index (κ1) is 10.3. The van der Waals surface area contributed by atoms with E-state index in [4.69, 9.17) is 18.6 Å². The summed E-state index contributed by atoms with van der Waals surface area (Å²) in [5.74, 6) is 0. The molecule has 0 fully saturated rings. The molecule has 0 amide bonds. The van der Waals surface area contributed by atoms with E-state index in [0.29, 0.717) is 0 Å². The van der Waals surface area contributed by atoms with E-state index in [2.05, 4.69) is 36.4 Å². The zero-order valence-corrected chi connectivity index (χ0v) is 9.50. The molecule has 1 aliphatic carbocycles. The molecule has 1 aliphatic rings. The summed E-state index contributed by atoms with van der Waals surface area (Å²) in [5, 5.41) is 0. The van der Waals surface area contributed by atoms with Gasteiger partial charge >= 0.3 is 35.6 Å². The van der Waals surface area contributed by atoms with Gasteiger partial charge in [0.25, 0.3) is 0 Å². The molecule has 62 valence electrons. The molecule has 12 heavy (non-hydrogen) atoms. The van der Waals surface area contributed by atoms with Gasteiger partial charge in [0.1, 0.15) is 0 Å². The van der Waals surface area contributed by atoms with Crippen LogP contribution in [0.25, 0.3) is 6.08 Å². The van der Waals surface area contributed by atoms with Gasteiger partial charge in [0.2, 0.25) is 0 Å². The summed E-state index contributed by atoms with van der Waals surface area (Å²) in [6, 6.07) is 8.49. The first-order chi connectivity index (χ1) is 5.88. The number of fused-ring (bicyclic) bond motifs is 1. The molecule has 0 saturated carbocycles. The van der Waals surface area contributed by atoms with Crippen LogP contribution in [0, 0.1) is 0 Å². The number of hydrogen-bond acceptors (Lipinski definition) is 0. The molecule has 0 aliphatic heterocycles. The van der Waals surface area contributed by atoms with Crippen molar-refractivity contribution in [2.45, 2.75) is 6.42 Å². The average Bonchev–Trinajstić information content (AvgIpc) is 2.52. The van der Waals surface area contributed by atoms with E-state index in [0.717, 1.165) is 6.42 Å². The Hall–Kier alpha value is 0.254. The third-order valence-corrected chi connectivity index (χ3v) is 1.69. The van der Waals surface area contributed by atoms with Crippen molar-refractivity contribution < 1.29 is 17.0 Å². The third-order valence-electron chi connectivity index (χ3n) is 1.69. The zero-order chi connectivity index (χ0) is 8.81. The molecule has 0 spiro atoms. The second-order valence-electron chi connectivity index (χ2n) is 2.38. The normalized spacial score (nSPS) is 11.5. The molecule has 1 aromatic rings. The summed E-state index contributed by atoms with van der Waals surface area (Å²) in [6.45, 7) is 0. The summed E-state index contributed by atoms with van der Waals surface area (Å²) in [5.41, 5.74) is 2.84. The van der Waals surface area contributed by atoms with E-state index < -0.39 is 17.0 Å². The number of halogens is 2. The molecule has 0 nitrogen and oxygen atoms in total. The molecule has 0 saturated heterocycles. The van der Waals surface area contributed by atoms with Gasteiger partial charge < -0.3 is 0 Å². The molecule has 1 aromatic carbocycles. The van der Waals surface area contributed by atoms with E-state index in [1.807, 2.05) is 0 Å². The molecule has 0 unspecified atom stereocenters. The van der Waals surface area contributed by atoms with Gasteiger partial charge in [-0.2, -0.15) is 0 Å². The first-order valence-electron chi connectivity index (χ1n) is 3.59. The van der Waals surface area contributed by atoms with Gasteiger partial charge in [-0.25, -0.2) is 0 Å². The fraction of sp³-hybridized carbons (Fsp3) is 0.111. The van der Waals surface area contributed by atoms with Crippen LogP contribution in [0.3, 0.4) is 0 Å². The number of hydrogen-bond donors (Lipinski definition) is 0. The Labute approximate surface area is 89.3 Å². The molecule has 0 atom stereocenters. The van der Waals surface area contributed by atoms with Crippen LogP contribution in [0.4, 0.5) is 0 Å². The predicted molar refractivity (Wildman–Crippen MR) is 50.9 cm³/mol. The molecular formula is C9H8Cl2Ti. The summed E-state index contributed by atoms with van der Waals surface area (Å²) in [4.78, 5) is 0. The van der Waals surface area contributed by atoms with Gasteiger partial charge in [0.05, 0.1) is 0 Å². The van der Waals surface area contributed by atoms with Crippen molar-refractivity contribution in [3.05, 3.63) is 41.5 Å². The quantitative estimate of drug-likeness (QED) is 0.602. The molecular weight excluding hydrogens is 227 g/mol. The van der Waals surface area contributed by atoms with E-state index >= 15 is 0 Å². The van der Waals surface area contributed by atoms with Gasteiger partial charge in [-0.3, -0.25) is 0 Å². The Balaban J connectivity index is 0.000000213. The third kappa shape index (κ3) is 2.95. The van der Waals surface area contributed by atoms with E-state index in [1.54, 1.807) is 0 Å². The predicted octanol–water partition coefficient (Wildman–Crippen LogP) is 3.63. The number of allylic oxidation sites excluding steroid dienone is 1. The first-order valence-corrected chi connectivity index (χ1v) is 7.89. The van der Waals surface area contributed by atoms with Gasteiger partial charge in [-0.1, -0.05) is 36.4 Å². The van der Waals surface area contributed by atoms with Crippen molar-refractivity contribution in [1.29, 1.82) is 0 Å². The van der Waals surface area contributed by atoms with Crippen LogP contribution in [-0.2, 0) is 23.5 Å². The van der Waals surface area contributed by atoms with Crippen molar-refractivity contribution in [2.75, 3.05) is 0 Å². The summed E-state index contributed by atoms with van der Waals surface area (Å²) in [7, 11) is 9.78. The van der Waals surface area contributed by atoms with Crippen molar-refractivity contribution in [1.82, 2.24) is 0 Å². The molecule has 0 N–H and O–H groups in total. The second-order valence-corrected chi connectivity index (χ2v) is 4.96. The summed E-state index contributed by atoms with van der Waals surface area (Å²) in [6.07, 6.45) is 5.50. The van der Waals surface area contributed by atoms with Crippen LogP contribution in [0.2, 0.25) is 0 Å². The fourth-order valence-corrected chi connectivity index (χ4v) is 1.20. The Kier molecular flexibility index (Phi) is 5.02. The Bertz CT molecular complexity index is 271. The standard InChI is InChI=1S/C9H8.2ClH.Ti/c1-2-5-9-7-3-6-8(9)4-1;;;/h1-6H,7H2;2*1H;/q;;;+2/p-2. The Morgan fingerprint density at radius 1 is 1.17 bits per heavy atom. The molecule has 0 aromatic heterocycles. The topological polar surface area (TPSA) is 0 Å². The van der Waals surface area contributed by atoms with Crippen molar-refractivity contribution >= 4 is 24.7 Å². The molecule has 0 radical (unpaired) electrons. The van der Waals surface area contributed by atoms with Gasteiger partial charge in [-0.05, 0) is 17.5 Å². The van der Waals surface area contributed by atoms with E-state index in [-0.39, 0.29) is 0 Å². The number of rotatable bonds is 0.